The summed E-state index contributed by atoms with van der Waals surface area (Å²) < 4.78 is 0. The summed E-state index contributed by atoms with van der Waals surface area (Å²) in [5.74, 6) is 0.883. The lowest BCUT2D eigenvalue weighted by molar-refractivity contribution is -0.131. The molecule has 21 heavy (non-hydrogen) atoms. The van der Waals surface area contributed by atoms with Crippen LogP contribution in [-0.2, 0) is 11.3 Å². The third-order valence-corrected chi connectivity index (χ3v) is 4.09. The molecule has 0 saturated carbocycles. The third-order valence-electron chi connectivity index (χ3n) is 3.45. The Labute approximate surface area is 129 Å². The van der Waals surface area contributed by atoms with Gasteiger partial charge in [-0.25, -0.2) is 0 Å². The Hall–Kier alpha value is -1.59. The topological polar surface area (TPSA) is 59.2 Å². The Morgan fingerprint density at radius 1 is 1.38 bits per heavy atom. The quantitative estimate of drug-likeness (QED) is 0.889. The number of hydrogen-bond acceptors (Lipinski definition) is 4. The molecule has 0 unspecified atom stereocenters. The standard InChI is InChI=1S/C16H21N3OS/c1-19(16(20)14(17)8-10-21-2)11-13-6-3-5-12-7-4-9-18-15(12)13/h3-7,9,14H,8,10-11,17H2,1-2H3/t14-/m0/s1. The van der Waals surface area contributed by atoms with Crippen molar-refractivity contribution in [1.29, 1.82) is 0 Å². The Morgan fingerprint density at radius 3 is 2.90 bits per heavy atom. The maximum Gasteiger partial charge on any atom is 0.239 e. The Morgan fingerprint density at radius 2 is 2.14 bits per heavy atom. The van der Waals surface area contributed by atoms with Gasteiger partial charge in [-0.1, -0.05) is 24.3 Å². The van der Waals surface area contributed by atoms with E-state index in [2.05, 4.69) is 4.98 Å². The number of benzene rings is 1. The summed E-state index contributed by atoms with van der Waals surface area (Å²) >= 11 is 1.70. The van der Waals surface area contributed by atoms with Crippen LogP contribution in [0.4, 0.5) is 0 Å². The Balaban J connectivity index is 2.11. The number of carbonyl (C=O) groups is 1. The number of amides is 1. The number of nitrogens with two attached hydrogens (primary N) is 1. The minimum Gasteiger partial charge on any atom is -0.340 e. The highest BCUT2D eigenvalue weighted by Crippen LogP contribution is 2.17. The fourth-order valence-corrected chi connectivity index (χ4v) is 2.77. The molecule has 5 heteroatoms. The van der Waals surface area contributed by atoms with E-state index in [0.29, 0.717) is 13.0 Å². The SMILES string of the molecule is CSCC[C@H](N)C(=O)N(C)Cc1cccc2cccnc12. The minimum absolute atomic E-state index is 0.0167. The number of likely N-dealkylation sites (N-methyl/N-ethyl adjacent to an activating group) is 1. The maximum atomic E-state index is 12.3. The number of carbonyl (C=O) groups excluding carboxylic acids is 1. The van der Waals surface area contributed by atoms with Gasteiger partial charge in [0.25, 0.3) is 0 Å². The van der Waals surface area contributed by atoms with E-state index in [1.54, 1.807) is 29.9 Å². The van der Waals surface area contributed by atoms with Crippen LogP contribution in [0.2, 0.25) is 0 Å². The molecule has 1 heterocycles. The average Bonchev–Trinajstić information content (AvgIpc) is 2.52. The summed E-state index contributed by atoms with van der Waals surface area (Å²) in [5.41, 5.74) is 7.93. The molecular formula is C16H21N3OS. The van der Waals surface area contributed by atoms with Crippen LogP contribution in [0.1, 0.15) is 12.0 Å². The summed E-state index contributed by atoms with van der Waals surface area (Å²) in [5, 5.41) is 1.09. The van der Waals surface area contributed by atoms with Crippen LogP contribution in [-0.4, -0.2) is 40.9 Å². The number of thioether (sulfide) groups is 1. The van der Waals surface area contributed by atoms with Gasteiger partial charge in [-0.3, -0.25) is 9.78 Å². The molecule has 0 aliphatic carbocycles. The molecule has 2 rings (SSSR count). The molecule has 0 spiro atoms. The van der Waals surface area contributed by atoms with Gasteiger partial charge in [-0.05, 0) is 30.1 Å². The van der Waals surface area contributed by atoms with Gasteiger partial charge in [0.2, 0.25) is 5.91 Å². The zero-order chi connectivity index (χ0) is 15.2. The van der Waals surface area contributed by atoms with Crippen molar-refractivity contribution >= 4 is 28.6 Å². The highest BCUT2D eigenvalue weighted by molar-refractivity contribution is 7.98. The first-order valence-electron chi connectivity index (χ1n) is 6.95. The van der Waals surface area contributed by atoms with Gasteiger partial charge in [-0.15, -0.1) is 0 Å². The van der Waals surface area contributed by atoms with Crippen molar-refractivity contribution in [3.63, 3.8) is 0 Å². The maximum absolute atomic E-state index is 12.3. The van der Waals surface area contributed by atoms with Crippen molar-refractivity contribution in [2.45, 2.75) is 19.0 Å². The van der Waals surface area contributed by atoms with Gasteiger partial charge in [0, 0.05) is 25.2 Å². The second-order valence-corrected chi connectivity index (χ2v) is 6.06. The molecule has 0 radical (unpaired) electrons. The van der Waals surface area contributed by atoms with Crippen LogP contribution in [0.25, 0.3) is 10.9 Å². The summed E-state index contributed by atoms with van der Waals surface area (Å²) in [6.45, 7) is 0.528. The van der Waals surface area contributed by atoms with Gasteiger partial charge in [-0.2, -0.15) is 11.8 Å². The summed E-state index contributed by atoms with van der Waals surface area (Å²) in [6.07, 6.45) is 4.50. The van der Waals surface area contributed by atoms with E-state index in [0.717, 1.165) is 22.2 Å². The molecule has 4 nitrogen and oxygen atoms in total. The van der Waals surface area contributed by atoms with E-state index >= 15 is 0 Å². The molecule has 1 aromatic carbocycles. The van der Waals surface area contributed by atoms with Crippen LogP contribution in [0.5, 0.6) is 0 Å². The van der Waals surface area contributed by atoms with Crippen molar-refractivity contribution < 1.29 is 4.79 Å². The molecule has 0 aliphatic rings. The van der Waals surface area contributed by atoms with Crippen molar-refractivity contribution in [1.82, 2.24) is 9.88 Å². The van der Waals surface area contributed by atoms with Crippen molar-refractivity contribution in [2.24, 2.45) is 5.73 Å². The molecule has 0 bridgehead atoms. The molecule has 1 atom stereocenters. The monoisotopic (exact) mass is 303 g/mol. The molecule has 1 aromatic heterocycles. The number of rotatable bonds is 6. The zero-order valence-electron chi connectivity index (χ0n) is 12.5. The molecule has 0 saturated heterocycles. The van der Waals surface area contributed by atoms with Gasteiger partial charge < -0.3 is 10.6 Å². The number of pyridine rings is 1. The summed E-state index contributed by atoms with van der Waals surface area (Å²) in [6, 6.07) is 9.54. The number of hydrogen-bond donors (Lipinski definition) is 1. The number of para-hydroxylation sites is 1. The number of aromatic nitrogens is 1. The Bertz CT molecular complexity index is 612. The lowest BCUT2D eigenvalue weighted by atomic mass is 10.1. The van der Waals surface area contributed by atoms with E-state index in [1.807, 2.05) is 36.6 Å². The predicted molar refractivity (Wildman–Crippen MR) is 89.2 cm³/mol. The molecule has 2 N–H and O–H groups in total. The highest BCUT2D eigenvalue weighted by Gasteiger charge is 2.18. The number of nitrogens with zero attached hydrogens (tertiary/aromatic N) is 2. The van der Waals surface area contributed by atoms with Gasteiger partial charge in [0.15, 0.2) is 0 Å². The zero-order valence-corrected chi connectivity index (χ0v) is 13.3. The van der Waals surface area contributed by atoms with E-state index in [4.69, 9.17) is 5.73 Å². The van der Waals surface area contributed by atoms with Crippen molar-refractivity contribution in [2.75, 3.05) is 19.1 Å². The molecule has 1 amide bonds. The second-order valence-electron chi connectivity index (χ2n) is 5.07. The summed E-state index contributed by atoms with van der Waals surface area (Å²) in [4.78, 5) is 18.4. The lowest BCUT2D eigenvalue weighted by Crippen LogP contribution is -2.41. The fraction of sp³-hybridized carbons (Fsp3) is 0.375. The lowest BCUT2D eigenvalue weighted by Gasteiger charge is -2.21. The largest absolute Gasteiger partial charge is 0.340 e. The van der Waals surface area contributed by atoms with Crippen LogP contribution in [0, 0.1) is 0 Å². The molecule has 0 fully saturated rings. The third kappa shape index (κ3) is 3.95. The number of fused-ring (bicyclic) bond motifs is 1. The molecular weight excluding hydrogens is 282 g/mol. The first-order chi connectivity index (χ1) is 10.1. The van der Waals surface area contributed by atoms with E-state index in [1.165, 1.54) is 0 Å². The predicted octanol–water partition coefficient (Wildman–Crippen LogP) is 2.27. The van der Waals surface area contributed by atoms with Crippen LogP contribution >= 0.6 is 11.8 Å². The first-order valence-corrected chi connectivity index (χ1v) is 8.35. The van der Waals surface area contributed by atoms with Crippen LogP contribution in [0.15, 0.2) is 36.5 Å². The van der Waals surface area contributed by atoms with Crippen molar-refractivity contribution in [3.8, 4) is 0 Å². The minimum atomic E-state index is -0.426. The van der Waals surface area contributed by atoms with E-state index < -0.39 is 6.04 Å². The molecule has 0 aliphatic heterocycles. The van der Waals surface area contributed by atoms with Crippen molar-refractivity contribution in [3.05, 3.63) is 42.1 Å². The fourth-order valence-electron chi connectivity index (χ4n) is 2.28. The second kappa shape index (κ2) is 7.43. The first kappa shape index (κ1) is 15.8. The van der Waals surface area contributed by atoms with Crippen LogP contribution in [0.3, 0.4) is 0 Å². The van der Waals surface area contributed by atoms with Gasteiger partial charge >= 0.3 is 0 Å². The van der Waals surface area contributed by atoms with Gasteiger partial charge in [0.1, 0.15) is 0 Å². The van der Waals surface area contributed by atoms with Gasteiger partial charge in [0.05, 0.1) is 11.6 Å². The normalized spacial score (nSPS) is 12.3. The molecule has 2 aromatic rings. The molecule has 112 valence electrons. The van der Waals surface area contributed by atoms with E-state index in [-0.39, 0.29) is 5.91 Å². The van der Waals surface area contributed by atoms with Crippen LogP contribution < -0.4 is 5.73 Å². The van der Waals surface area contributed by atoms with E-state index in [9.17, 15) is 4.79 Å². The summed E-state index contributed by atoms with van der Waals surface area (Å²) in [7, 11) is 1.79. The Kier molecular flexibility index (Phi) is 5.59. The highest BCUT2D eigenvalue weighted by atomic mass is 32.2. The smallest absolute Gasteiger partial charge is 0.239 e. The average molecular weight is 303 g/mol.